The van der Waals surface area contributed by atoms with E-state index in [2.05, 4.69) is 28.1 Å². The summed E-state index contributed by atoms with van der Waals surface area (Å²) in [4.78, 5) is 12.1. The molecule has 27 heavy (non-hydrogen) atoms. The number of benzene rings is 2. The maximum absolute atomic E-state index is 12.1. The number of urea groups is 1. The summed E-state index contributed by atoms with van der Waals surface area (Å²) in [6, 6.07) is 13.8. The molecule has 0 bridgehead atoms. The van der Waals surface area contributed by atoms with Gasteiger partial charge in [0.05, 0.1) is 13.7 Å². The molecule has 1 heterocycles. The van der Waals surface area contributed by atoms with Crippen molar-refractivity contribution in [1.29, 1.82) is 0 Å². The van der Waals surface area contributed by atoms with Gasteiger partial charge in [-0.1, -0.05) is 24.3 Å². The van der Waals surface area contributed by atoms with Crippen molar-refractivity contribution < 1.29 is 14.3 Å². The summed E-state index contributed by atoms with van der Waals surface area (Å²) in [7, 11) is 1.61. The van der Waals surface area contributed by atoms with E-state index >= 15 is 0 Å². The highest BCUT2D eigenvalue weighted by Gasteiger charge is 2.07. The van der Waals surface area contributed by atoms with Gasteiger partial charge in [-0.3, -0.25) is 0 Å². The topological polar surface area (TPSA) is 59.6 Å². The number of carbonyl (C=O) groups is 1. The Morgan fingerprint density at radius 1 is 1.11 bits per heavy atom. The Labute approximate surface area is 163 Å². The predicted octanol–water partition coefficient (Wildman–Crippen LogP) is 4.35. The molecule has 5 nitrogen and oxygen atoms in total. The zero-order valence-corrected chi connectivity index (χ0v) is 16.4. The van der Waals surface area contributed by atoms with Gasteiger partial charge >= 0.3 is 6.03 Å². The van der Waals surface area contributed by atoms with Crippen LogP contribution in [0.1, 0.15) is 18.1 Å². The van der Waals surface area contributed by atoms with Gasteiger partial charge in [0.25, 0.3) is 0 Å². The average molecular weight is 385 g/mol. The average Bonchev–Trinajstić information content (AvgIpc) is 3.10. The van der Waals surface area contributed by atoms with Gasteiger partial charge in [-0.05, 0) is 53.4 Å². The first-order chi connectivity index (χ1) is 13.2. The van der Waals surface area contributed by atoms with Crippen LogP contribution in [0.4, 0.5) is 4.79 Å². The Hall–Kier alpha value is -2.73. The van der Waals surface area contributed by atoms with E-state index in [9.17, 15) is 4.79 Å². The summed E-state index contributed by atoms with van der Waals surface area (Å²) in [6.45, 7) is 3.53. The molecule has 2 amide bonds. The van der Waals surface area contributed by atoms with Crippen LogP contribution in [-0.2, 0) is 13.0 Å². The van der Waals surface area contributed by atoms with Crippen molar-refractivity contribution in [3.8, 4) is 11.5 Å². The fraction of sp³-hybridized carbons (Fsp3) is 0.286. The van der Waals surface area contributed by atoms with Crippen LogP contribution in [0.25, 0.3) is 10.1 Å². The van der Waals surface area contributed by atoms with Gasteiger partial charge < -0.3 is 20.1 Å². The number of hydrogen-bond donors (Lipinski definition) is 2. The molecule has 0 spiro atoms. The third-order valence-corrected chi connectivity index (χ3v) is 5.23. The summed E-state index contributed by atoms with van der Waals surface area (Å²) in [6.07, 6.45) is 0.814. The van der Waals surface area contributed by atoms with Gasteiger partial charge in [-0.25, -0.2) is 4.79 Å². The molecular formula is C21H24N2O3S. The number of hydrogen-bond acceptors (Lipinski definition) is 4. The fourth-order valence-electron chi connectivity index (χ4n) is 2.88. The second kappa shape index (κ2) is 9.28. The minimum atomic E-state index is -0.178. The van der Waals surface area contributed by atoms with Gasteiger partial charge in [-0.2, -0.15) is 0 Å². The first-order valence-corrected chi connectivity index (χ1v) is 9.85. The van der Waals surface area contributed by atoms with Crippen LogP contribution in [0.15, 0.2) is 47.8 Å². The van der Waals surface area contributed by atoms with Crippen molar-refractivity contribution in [2.75, 3.05) is 20.3 Å². The third kappa shape index (κ3) is 4.92. The number of rotatable bonds is 8. The molecule has 2 N–H and O–H groups in total. The lowest BCUT2D eigenvalue weighted by atomic mass is 10.1. The quantitative estimate of drug-likeness (QED) is 0.607. The number of carbonyl (C=O) groups excluding carboxylic acids is 1. The molecule has 0 saturated heterocycles. The zero-order chi connectivity index (χ0) is 19.1. The van der Waals surface area contributed by atoms with Gasteiger partial charge in [-0.15, -0.1) is 11.3 Å². The summed E-state index contributed by atoms with van der Waals surface area (Å²) >= 11 is 1.74. The van der Waals surface area contributed by atoms with Crippen LogP contribution in [0.2, 0.25) is 0 Å². The van der Waals surface area contributed by atoms with E-state index in [0.717, 1.165) is 12.0 Å². The molecule has 0 fully saturated rings. The zero-order valence-electron chi connectivity index (χ0n) is 15.6. The van der Waals surface area contributed by atoms with Crippen molar-refractivity contribution in [3.05, 3.63) is 59.0 Å². The minimum absolute atomic E-state index is 0.178. The van der Waals surface area contributed by atoms with Crippen molar-refractivity contribution in [3.63, 3.8) is 0 Å². The molecule has 1 aromatic heterocycles. The number of methoxy groups -OCH3 is 1. The third-order valence-electron chi connectivity index (χ3n) is 4.22. The van der Waals surface area contributed by atoms with Crippen molar-refractivity contribution in [2.24, 2.45) is 0 Å². The minimum Gasteiger partial charge on any atom is -0.493 e. The van der Waals surface area contributed by atoms with E-state index in [4.69, 9.17) is 9.47 Å². The van der Waals surface area contributed by atoms with Crippen molar-refractivity contribution in [1.82, 2.24) is 10.6 Å². The Morgan fingerprint density at radius 3 is 2.78 bits per heavy atom. The maximum Gasteiger partial charge on any atom is 0.315 e. The summed E-state index contributed by atoms with van der Waals surface area (Å²) in [5, 5.41) is 9.22. The molecular weight excluding hydrogens is 360 g/mol. The fourth-order valence-corrected chi connectivity index (χ4v) is 3.88. The summed E-state index contributed by atoms with van der Waals surface area (Å²) in [5.41, 5.74) is 2.22. The normalized spacial score (nSPS) is 10.6. The Kier molecular flexibility index (Phi) is 6.54. The Bertz CT molecular complexity index is 907. The summed E-state index contributed by atoms with van der Waals surface area (Å²) in [5.74, 6) is 1.37. The standard InChI is InChI=1S/C21H24N2O3S/c1-3-26-18-9-8-15(12-19(18)25-2)13-23-21(24)22-11-10-16-14-27-20-7-5-4-6-17(16)20/h4-9,12,14H,3,10-11,13H2,1-2H3,(H2,22,23,24). The van der Waals surface area contributed by atoms with E-state index in [1.807, 2.05) is 37.3 Å². The molecule has 0 unspecified atom stereocenters. The molecule has 0 aliphatic carbocycles. The molecule has 0 aliphatic heterocycles. The lowest BCUT2D eigenvalue weighted by Gasteiger charge is -2.12. The number of ether oxygens (including phenoxy) is 2. The molecule has 6 heteroatoms. The summed E-state index contributed by atoms with van der Waals surface area (Å²) < 4.78 is 12.1. The number of amides is 2. The molecule has 0 aliphatic rings. The second-order valence-electron chi connectivity index (χ2n) is 6.03. The number of nitrogens with one attached hydrogen (secondary N) is 2. The number of fused-ring (bicyclic) bond motifs is 1. The Morgan fingerprint density at radius 2 is 1.96 bits per heavy atom. The first-order valence-electron chi connectivity index (χ1n) is 8.97. The highest BCUT2D eigenvalue weighted by Crippen LogP contribution is 2.28. The van der Waals surface area contributed by atoms with E-state index in [1.165, 1.54) is 15.6 Å². The highest BCUT2D eigenvalue weighted by molar-refractivity contribution is 7.17. The van der Waals surface area contributed by atoms with Gasteiger partial charge in [0.1, 0.15) is 0 Å². The molecule has 0 saturated carbocycles. The van der Waals surface area contributed by atoms with Crippen LogP contribution >= 0.6 is 11.3 Å². The van der Waals surface area contributed by atoms with Crippen LogP contribution in [0, 0.1) is 0 Å². The van der Waals surface area contributed by atoms with Crippen LogP contribution in [0.3, 0.4) is 0 Å². The van der Waals surface area contributed by atoms with E-state index < -0.39 is 0 Å². The van der Waals surface area contributed by atoms with E-state index in [0.29, 0.717) is 31.2 Å². The van der Waals surface area contributed by atoms with Crippen LogP contribution in [0.5, 0.6) is 11.5 Å². The maximum atomic E-state index is 12.1. The van der Waals surface area contributed by atoms with E-state index in [-0.39, 0.29) is 6.03 Å². The highest BCUT2D eigenvalue weighted by atomic mass is 32.1. The second-order valence-corrected chi connectivity index (χ2v) is 6.95. The SMILES string of the molecule is CCOc1ccc(CNC(=O)NCCc2csc3ccccc23)cc1OC. The molecule has 0 radical (unpaired) electrons. The van der Waals surface area contributed by atoms with Gasteiger partial charge in [0, 0.05) is 17.8 Å². The van der Waals surface area contributed by atoms with Crippen LogP contribution < -0.4 is 20.1 Å². The molecule has 3 rings (SSSR count). The lowest BCUT2D eigenvalue weighted by Crippen LogP contribution is -2.36. The first kappa shape index (κ1) is 19.0. The smallest absolute Gasteiger partial charge is 0.315 e. The van der Waals surface area contributed by atoms with Crippen molar-refractivity contribution in [2.45, 2.75) is 19.9 Å². The molecule has 142 valence electrons. The number of thiophene rings is 1. The van der Waals surface area contributed by atoms with Crippen molar-refractivity contribution >= 4 is 27.5 Å². The Balaban J connectivity index is 1.47. The molecule has 3 aromatic rings. The largest absolute Gasteiger partial charge is 0.493 e. The van der Waals surface area contributed by atoms with Gasteiger partial charge in [0.15, 0.2) is 11.5 Å². The predicted molar refractivity (Wildman–Crippen MR) is 110 cm³/mol. The van der Waals surface area contributed by atoms with Gasteiger partial charge in [0.2, 0.25) is 0 Å². The molecule has 0 atom stereocenters. The molecule has 2 aromatic carbocycles. The lowest BCUT2D eigenvalue weighted by molar-refractivity contribution is 0.240. The van der Waals surface area contributed by atoms with E-state index in [1.54, 1.807) is 18.4 Å². The van der Waals surface area contributed by atoms with Crippen LogP contribution in [-0.4, -0.2) is 26.3 Å². The monoisotopic (exact) mass is 384 g/mol.